The Bertz CT molecular complexity index is 369. The van der Waals surface area contributed by atoms with Gasteiger partial charge in [-0.05, 0) is 33.3 Å². The summed E-state index contributed by atoms with van der Waals surface area (Å²) >= 11 is 0. The lowest BCUT2D eigenvalue weighted by molar-refractivity contribution is 0.191. The first-order chi connectivity index (χ1) is 7.50. The minimum absolute atomic E-state index is 0.234. The Labute approximate surface area is 97.4 Å². The molecular weight excluding hydrogens is 200 g/mol. The Morgan fingerprint density at radius 1 is 1.50 bits per heavy atom. The van der Waals surface area contributed by atoms with E-state index >= 15 is 0 Å². The van der Waals surface area contributed by atoms with Crippen LogP contribution in [-0.2, 0) is 7.05 Å². The van der Waals surface area contributed by atoms with Gasteiger partial charge < -0.3 is 5.73 Å². The monoisotopic (exact) mass is 222 g/mol. The van der Waals surface area contributed by atoms with E-state index in [0.717, 1.165) is 18.7 Å². The van der Waals surface area contributed by atoms with Crippen molar-refractivity contribution in [3.63, 3.8) is 0 Å². The maximum absolute atomic E-state index is 6.23. The van der Waals surface area contributed by atoms with Gasteiger partial charge in [0.25, 0.3) is 0 Å². The van der Waals surface area contributed by atoms with Crippen molar-refractivity contribution in [2.75, 3.05) is 6.54 Å². The van der Waals surface area contributed by atoms with Crippen molar-refractivity contribution in [1.82, 2.24) is 14.7 Å². The summed E-state index contributed by atoms with van der Waals surface area (Å²) in [5.41, 5.74) is 8.55. The van der Waals surface area contributed by atoms with Crippen molar-refractivity contribution < 1.29 is 0 Å². The highest BCUT2D eigenvalue weighted by molar-refractivity contribution is 5.17. The number of hydrogen-bond donors (Lipinski definition) is 1. The predicted octanol–water partition coefficient (Wildman–Crippen LogP) is 1.21. The quantitative estimate of drug-likeness (QED) is 0.818. The van der Waals surface area contributed by atoms with Crippen LogP contribution in [0.4, 0.5) is 0 Å². The average molecular weight is 222 g/mol. The molecule has 1 aromatic heterocycles. The normalized spacial score (nSPS) is 26.9. The van der Waals surface area contributed by atoms with Crippen LogP contribution >= 0.6 is 0 Å². The maximum Gasteiger partial charge on any atom is 0.0673 e. The first kappa shape index (κ1) is 11.6. The van der Waals surface area contributed by atoms with Gasteiger partial charge in [-0.25, -0.2) is 0 Å². The zero-order chi connectivity index (χ0) is 11.9. The first-order valence-electron chi connectivity index (χ1n) is 6.02. The second-order valence-electron chi connectivity index (χ2n) is 5.06. The van der Waals surface area contributed by atoms with E-state index in [9.17, 15) is 0 Å². The number of nitrogens with zero attached hydrogens (tertiary/aromatic N) is 3. The molecule has 0 aliphatic carbocycles. The fourth-order valence-corrected chi connectivity index (χ4v) is 2.72. The van der Waals surface area contributed by atoms with Crippen LogP contribution < -0.4 is 5.73 Å². The molecule has 0 radical (unpaired) electrons. The number of nitrogens with two attached hydrogens (primary N) is 1. The van der Waals surface area contributed by atoms with E-state index in [0.29, 0.717) is 12.1 Å². The van der Waals surface area contributed by atoms with Crippen LogP contribution in [0, 0.1) is 6.92 Å². The van der Waals surface area contributed by atoms with E-state index in [1.165, 1.54) is 5.69 Å². The number of hydrogen-bond acceptors (Lipinski definition) is 3. The van der Waals surface area contributed by atoms with Crippen LogP contribution in [0.5, 0.6) is 0 Å². The molecule has 2 N–H and O–H groups in total. The van der Waals surface area contributed by atoms with Gasteiger partial charge in [0.1, 0.15) is 0 Å². The van der Waals surface area contributed by atoms with Crippen LogP contribution in [0.1, 0.15) is 37.7 Å². The van der Waals surface area contributed by atoms with E-state index in [1.807, 2.05) is 18.7 Å². The number of aryl methyl sites for hydroxylation is 2. The van der Waals surface area contributed by atoms with Gasteiger partial charge in [0, 0.05) is 25.7 Å². The molecule has 4 nitrogen and oxygen atoms in total. The number of likely N-dealkylation sites (tertiary alicyclic amines) is 1. The molecule has 90 valence electrons. The van der Waals surface area contributed by atoms with Gasteiger partial charge >= 0.3 is 0 Å². The van der Waals surface area contributed by atoms with Crippen molar-refractivity contribution in [2.45, 2.75) is 45.3 Å². The highest BCUT2D eigenvalue weighted by atomic mass is 15.3. The smallest absolute Gasteiger partial charge is 0.0673 e. The van der Waals surface area contributed by atoms with Crippen molar-refractivity contribution in [3.05, 3.63) is 17.5 Å². The summed E-state index contributed by atoms with van der Waals surface area (Å²) in [6.45, 7) is 7.58. The number of rotatable bonds is 2. The Morgan fingerprint density at radius 2 is 2.19 bits per heavy atom. The molecule has 1 aromatic rings. The number of aromatic nitrogens is 2. The Hall–Kier alpha value is -0.870. The summed E-state index contributed by atoms with van der Waals surface area (Å²) < 4.78 is 1.97. The molecule has 1 aliphatic heterocycles. The molecule has 0 unspecified atom stereocenters. The average Bonchev–Trinajstić information content (AvgIpc) is 2.69. The fraction of sp³-hybridized carbons (Fsp3) is 0.750. The highest BCUT2D eigenvalue weighted by Gasteiger charge is 2.36. The molecule has 0 spiro atoms. The summed E-state index contributed by atoms with van der Waals surface area (Å²) in [5.74, 6) is 0. The van der Waals surface area contributed by atoms with E-state index < -0.39 is 0 Å². The van der Waals surface area contributed by atoms with E-state index in [2.05, 4.69) is 29.9 Å². The minimum atomic E-state index is 0.234. The lowest BCUT2D eigenvalue weighted by atomic mass is 10.1. The van der Waals surface area contributed by atoms with Gasteiger partial charge in [0.15, 0.2) is 0 Å². The molecule has 1 saturated heterocycles. The molecule has 16 heavy (non-hydrogen) atoms. The SMILES string of the molecule is Cc1cc([C@H]2[C@H](N)CCN2C(C)C)n(C)n1. The van der Waals surface area contributed by atoms with Gasteiger partial charge in [-0.1, -0.05) is 0 Å². The Kier molecular flexibility index (Phi) is 3.04. The van der Waals surface area contributed by atoms with Crippen LogP contribution in [0.3, 0.4) is 0 Å². The molecule has 0 amide bonds. The van der Waals surface area contributed by atoms with Gasteiger partial charge in [0.2, 0.25) is 0 Å². The summed E-state index contributed by atoms with van der Waals surface area (Å²) in [5, 5.41) is 4.42. The van der Waals surface area contributed by atoms with Gasteiger partial charge in [0.05, 0.1) is 17.4 Å². The lowest BCUT2D eigenvalue weighted by Crippen LogP contribution is -2.37. The topological polar surface area (TPSA) is 47.1 Å². The van der Waals surface area contributed by atoms with Crippen molar-refractivity contribution in [1.29, 1.82) is 0 Å². The van der Waals surface area contributed by atoms with Gasteiger partial charge in [-0.15, -0.1) is 0 Å². The van der Waals surface area contributed by atoms with Crippen molar-refractivity contribution in [2.24, 2.45) is 12.8 Å². The first-order valence-corrected chi connectivity index (χ1v) is 6.02. The molecule has 0 saturated carbocycles. The van der Waals surface area contributed by atoms with E-state index in [-0.39, 0.29) is 6.04 Å². The molecular formula is C12H22N4. The molecule has 4 heteroatoms. The zero-order valence-electron chi connectivity index (χ0n) is 10.6. The third-order valence-corrected chi connectivity index (χ3v) is 3.49. The summed E-state index contributed by atoms with van der Waals surface area (Å²) in [4.78, 5) is 2.47. The molecule has 0 bridgehead atoms. The second kappa shape index (κ2) is 4.18. The summed E-state index contributed by atoms with van der Waals surface area (Å²) in [6, 6.07) is 3.25. The van der Waals surface area contributed by atoms with Gasteiger partial charge in [-0.2, -0.15) is 5.10 Å². The van der Waals surface area contributed by atoms with Crippen LogP contribution in [0.25, 0.3) is 0 Å². The van der Waals surface area contributed by atoms with E-state index in [1.54, 1.807) is 0 Å². The largest absolute Gasteiger partial charge is 0.326 e. The molecule has 0 aromatic carbocycles. The Balaban J connectivity index is 2.33. The predicted molar refractivity (Wildman–Crippen MR) is 65.1 cm³/mol. The molecule has 2 rings (SSSR count). The van der Waals surface area contributed by atoms with Crippen molar-refractivity contribution in [3.8, 4) is 0 Å². The van der Waals surface area contributed by atoms with Crippen LogP contribution in [0.2, 0.25) is 0 Å². The van der Waals surface area contributed by atoms with Crippen molar-refractivity contribution >= 4 is 0 Å². The fourth-order valence-electron chi connectivity index (χ4n) is 2.72. The summed E-state index contributed by atoms with van der Waals surface area (Å²) in [7, 11) is 2.01. The summed E-state index contributed by atoms with van der Waals surface area (Å²) in [6.07, 6.45) is 1.08. The van der Waals surface area contributed by atoms with Gasteiger partial charge in [-0.3, -0.25) is 9.58 Å². The molecule has 2 heterocycles. The molecule has 2 atom stereocenters. The van der Waals surface area contributed by atoms with E-state index in [4.69, 9.17) is 5.73 Å². The zero-order valence-corrected chi connectivity index (χ0v) is 10.6. The van der Waals surface area contributed by atoms with Crippen LogP contribution in [0.15, 0.2) is 6.07 Å². The maximum atomic E-state index is 6.23. The second-order valence-corrected chi connectivity index (χ2v) is 5.06. The Morgan fingerprint density at radius 3 is 2.69 bits per heavy atom. The molecule has 1 aliphatic rings. The van der Waals surface area contributed by atoms with Crippen LogP contribution in [-0.4, -0.2) is 33.3 Å². The standard InChI is InChI=1S/C12H22N4/c1-8(2)16-6-5-10(13)12(16)11-7-9(3)14-15(11)4/h7-8,10,12H,5-6,13H2,1-4H3/t10-,12-/m1/s1. The lowest BCUT2D eigenvalue weighted by Gasteiger charge is -2.30. The molecule has 1 fully saturated rings. The minimum Gasteiger partial charge on any atom is -0.326 e. The third-order valence-electron chi connectivity index (χ3n) is 3.49. The highest BCUT2D eigenvalue weighted by Crippen LogP contribution is 2.32. The third kappa shape index (κ3) is 1.87.